The third-order valence-electron chi connectivity index (χ3n) is 5.78. The minimum absolute atomic E-state index is 0.0993. The van der Waals surface area contributed by atoms with Gasteiger partial charge in [-0.15, -0.1) is 0 Å². The molecule has 1 aromatic carbocycles. The first-order chi connectivity index (χ1) is 15.0. The number of nitrogens with two attached hydrogens (primary N) is 2. The van der Waals surface area contributed by atoms with Gasteiger partial charge in [-0.2, -0.15) is 5.10 Å². The van der Waals surface area contributed by atoms with Crippen molar-refractivity contribution in [3.63, 3.8) is 0 Å². The molecule has 0 aromatic heterocycles. The Morgan fingerprint density at radius 2 is 2.12 bits per heavy atom. The van der Waals surface area contributed by atoms with Crippen LogP contribution in [-0.2, 0) is 16.1 Å². The number of halogens is 3. The third-order valence-corrected chi connectivity index (χ3v) is 6.02. The van der Waals surface area contributed by atoms with Crippen LogP contribution in [0.3, 0.4) is 0 Å². The monoisotopic (exact) mass is 472 g/mol. The van der Waals surface area contributed by atoms with Gasteiger partial charge in [0, 0.05) is 30.5 Å². The van der Waals surface area contributed by atoms with E-state index >= 15 is 0 Å². The van der Waals surface area contributed by atoms with Crippen molar-refractivity contribution in [3.8, 4) is 0 Å². The average molecular weight is 473 g/mol. The summed E-state index contributed by atoms with van der Waals surface area (Å²) in [6.07, 6.45) is 5.29. The average Bonchev–Trinajstić information content (AvgIpc) is 3.39. The summed E-state index contributed by atoms with van der Waals surface area (Å²) in [5.74, 6) is 7.89. The zero-order chi connectivity index (χ0) is 23.9. The molecule has 2 aliphatic rings. The summed E-state index contributed by atoms with van der Waals surface area (Å²) >= 11 is 5.84. The fraction of sp³-hybridized carbons (Fsp3) is 0.571. The van der Waals surface area contributed by atoms with Gasteiger partial charge in [-0.05, 0) is 55.4 Å². The Morgan fingerprint density at radius 3 is 2.66 bits per heavy atom. The molecule has 0 radical (unpaired) electrons. The number of alkyl halides is 2. The van der Waals surface area contributed by atoms with Crippen LogP contribution in [0.2, 0.25) is 5.02 Å². The van der Waals surface area contributed by atoms with E-state index in [1.807, 2.05) is 0 Å². The Hall–Kier alpha value is -2.46. The van der Waals surface area contributed by atoms with Gasteiger partial charge < -0.3 is 16.1 Å². The van der Waals surface area contributed by atoms with Crippen molar-refractivity contribution in [3.05, 3.63) is 28.8 Å². The lowest BCUT2D eigenvalue weighted by atomic mass is 10.0. The number of amides is 2. The number of benzene rings is 1. The highest BCUT2D eigenvalue weighted by Gasteiger charge is 2.45. The summed E-state index contributed by atoms with van der Waals surface area (Å²) in [5, 5.41) is 7.65. The Bertz CT molecular complexity index is 835. The lowest BCUT2D eigenvalue weighted by molar-refractivity contribution is -0.133. The Labute approximate surface area is 191 Å². The second-order valence-electron chi connectivity index (χ2n) is 8.68. The zero-order valence-electron chi connectivity index (χ0n) is 18.4. The Kier molecular flexibility index (Phi) is 8.80. The molecule has 2 amide bonds. The number of anilines is 1. The molecular weight excluding hydrogens is 442 g/mol. The van der Waals surface area contributed by atoms with Crippen molar-refractivity contribution in [2.24, 2.45) is 22.2 Å². The van der Waals surface area contributed by atoms with Gasteiger partial charge in [0.15, 0.2) is 0 Å². The second kappa shape index (κ2) is 10.9. The van der Waals surface area contributed by atoms with E-state index in [4.69, 9.17) is 23.3 Å². The van der Waals surface area contributed by atoms with Crippen molar-refractivity contribution >= 4 is 35.9 Å². The number of carbonyl (C=O) groups is 2. The maximum Gasteiger partial charge on any atom is 0.267 e. The van der Waals surface area contributed by atoms with Crippen molar-refractivity contribution in [1.29, 1.82) is 0 Å². The molecule has 11 heteroatoms. The van der Waals surface area contributed by atoms with E-state index in [-0.39, 0.29) is 24.9 Å². The summed E-state index contributed by atoms with van der Waals surface area (Å²) < 4.78 is 26.2. The summed E-state index contributed by atoms with van der Waals surface area (Å²) in [6.45, 7) is 3.80. The van der Waals surface area contributed by atoms with Crippen LogP contribution in [0, 0.1) is 5.41 Å². The van der Waals surface area contributed by atoms with Gasteiger partial charge in [0.1, 0.15) is 6.34 Å². The van der Waals surface area contributed by atoms with Gasteiger partial charge in [-0.3, -0.25) is 14.6 Å². The standard InChI is InChI=1S/C12H19F2NO.C9H12ClN5O/c1-9-7-12(13,14)8-15(9)10(16)3-4-11(2)5-6-11;10-8-1-2-9(15(12)5-14-11)7(3-8)4-13-6-16/h9H,3-8H2,1-2H3;1-3,5-6H,4,11-12H2,(H,13,16)/b;14-5-. The first kappa shape index (κ1) is 25.8. The van der Waals surface area contributed by atoms with Crippen molar-refractivity contribution in [1.82, 2.24) is 10.2 Å². The lowest BCUT2D eigenvalue weighted by Gasteiger charge is -2.21. The minimum atomic E-state index is -2.68. The van der Waals surface area contributed by atoms with Crippen LogP contribution in [0.25, 0.3) is 0 Å². The summed E-state index contributed by atoms with van der Waals surface area (Å²) in [7, 11) is 0. The maximum atomic E-state index is 13.1. The summed E-state index contributed by atoms with van der Waals surface area (Å²) in [4.78, 5) is 23.4. The van der Waals surface area contributed by atoms with Crippen LogP contribution >= 0.6 is 11.6 Å². The molecule has 32 heavy (non-hydrogen) atoms. The van der Waals surface area contributed by atoms with Gasteiger partial charge >= 0.3 is 0 Å². The van der Waals surface area contributed by atoms with E-state index in [1.54, 1.807) is 25.1 Å². The van der Waals surface area contributed by atoms with Crippen molar-refractivity contribution in [2.75, 3.05) is 11.6 Å². The van der Waals surface area contributed by atoms with Gasteiger partial charge in [-0.1, -0.05) is 18.5 Å². The van der Waals surface area contributed by atoms with E-state index in [1.165, 1.54) is 29.1 Å². The fourth-order valence-corrected chi connectivity index (χ4v) is 3.79. The third kappa shape index (κ3) is 7.59. The number of nitrogens with zero attached hydrogens (tertiary/aromatic N) is 3. The predicted molar refractivity (Wildman–Crippen MR) is 121 cm³/mol. The van der Waals surface area contributed by atoms with Gasteiger partial charge in [-0.25, -0.2) is 14.6 Å². The molecule has 1 aliphatic heterocycles. The maximum absolute atomic E-state index is 13.1. The van der Waals surface area contributed by atoms with E-state index in [9.17, 15) is 18.4 Å². The van der Waals surface area contributed by atoms with E-state index in [0.717, 1.165) is 12.0 Å². The number of carbonyl (C=O) groups excluding carboxylic acids is 2. The molecular formula is C21H31ClF2N6O2. The smallest absolute Gasteiger partial charge is 0.267 e. The number of hydrazine groups is 1. The molecule has 1 heterocycles. The largest absolute Gasteiger partial charge is 0.355 e. The molecule has 1 aromatic rings. The van der Waals surface area contributed by atoms with Crippen molar-refractivity contribution < 1.29 is 18.4 Å². The van der Waals surface area contributed by atoms with Gasteiger partial charge in [0.25, 0.3) is 5.92 Å². The molecule has 0 spiro atoms. The zero-order valence-corrected chi connectivity index (χ0v) is 19.1. The van der Waals surface area contributed by atoms with E-state index in [0.29, 0.717) is 35.5 Å². The highest BCUT2D eigenvalue weighted by atomic mass is 35.5. The molecule has 1 unspecified atom stereocenters. The SMILES string of the molecule is CC1CC(F)(F)CN1C(=O)CCC1(C)CC1.N/N=C\N(N)c1ccc(Cl)cc1CNC=O. The highest BCUT2D eigenvalue weighted by molar-refractivity contribution is 6.30. The van der Waals surface area contributed by atoms with Gasteiger partial charge in [0.05, 0.1) is 12.2 Å². The molecule has 1 saturated carbocycles. The topological polar surface area (TPSA) is 117 Å². The fourth-order valence-electron chi connectivity index (χ4n) is 3.59. The number of nitrogens with one attached hydrogen (secondary N) is 1. The number of hydrogen-bond donors (Lipinski definition) is 3. The first-order valence-electron chi connectivity index (χ1n) is 10.4. The van der Waals surface area contributed by atoms with Crippen LogP contribution in [0.15, 0.2) is 23.3 Å². The number of likely N-dealkylation sites (tertiary alicyclic amines) is 1. The van der Waals surface area contributed by atoms with Crippen molar-refractivity contribution in [2.45, 2.75) is 64.5 Å². The first-order valence-corrected chi connectivity index (χ1v) is 10.8. The quantitative estimate of drug-likeness (QED) is 0.177. The van der Waals surface area contributed by atoms with Gasteiger partial charge in [0.2, 0.25) is 12.3 Å². The Morgan fingerprint density at radius 1 is 1.44 bits per heavy atom. The minimum Gasteiger partial charge on any atom is -0.355 e. The van der Waals surface area contributed by atoms with Crippen LogP contribution in [0.1, 0.15) is 51.5 Å². The van der Waals surface area contributed by atoms with E-state index < -0.39 is 5.92 Å². The highest BCUT2D eigenvalue weighted by Crippen LogP contribution is 2.49. The van der Waals surface area contributed by atoms with Crippen LogP contribution in [-0.4, -0.2) is 42.1 Å². The number of hydrazone groups is 1. The molecule has 1 atom stereocenters. The molecule has 0 bridgehead atoms. The molecule has 2 fully saturated rings. The van der Waals surface area contributed by atoms with Crippen LogP contribution in [0.5, 0.6) is 0 Å². The van der Waals surface area contributed by atoms with Crippen LogP contribution < -0.4 is 22.0 Å². The molecule has 3 rings (SSSR count). The summed E-state index contributed by atoms with van der Waals surface area (Å²) in [6, 6.07) is 4.80. The number of hydrogen-bond acceptors (Lipinski definition) is 5. The predicted octanol–water partition coefficient (Wildman–Crippen LogP) is 2.99. The molecule has 8 nitrogen and oxygen atoms in total. The normalized spacial score (nSPS) is 20.4. The Balaban J connectivity index is 0.000000227. The molecule has 5 N–H and O–H groups in total. The molecule has 178 valence electrons. The van der Waals surface area contributed by atoms with Crippen LogP contribution in [0.4, 0.5) is 14.5 Å². The second-order valence-corrected chi connectivity index (χ2v) is 9.12. The molecule has 1 saturated heterocycles. The molecule has 1 aliphatic carbocycles. The van der Waals surface area contributed by atoms with E-state index in [2.05, 4.69) is 17.3 Å². The summed E-state index contributed by atoms with van der Waals surface area (Å²) in [5.41, 5.74) is 1.75. The lowest BCUT2D eigenvalue weighted by Crippen LogP contribution is -2.35. The number of rotatable bonds is 8.